The van der Waals surface area contributed by atoms with Crippen LogP contribution in [-0.4, -0.2) is 76.5 Å². The van der Waals surface area contributed by atoms with Crippen molar-refractivity contribution in [3.05, 3.63) is 59.9 Å². The lowest BCUT2D eigenvalue weighted by Crippen LogP contribution is -2.48. The summed E-state index contributed by atoms with van der Waals surface area (Å²) in [7, 11) is 1.93. The molecule has 1 aromatic heterocycles. The van der Waals surface area contributed by atoms with E-state index in [1.165, 1.54) is 36.6 Å². The van der Waals surface area contributed by atoms with Crippen molar-refractivity contribution in [2.75, 3.05) is 39.0 Å². The molecule has 0 N–H and O–H groups in total. The topological polar surface area (TPSA) is 56.8 Å². The Morgan fingerprint density at radius 1 is 1.03 bits per heavy atom. The lowest BCUT2D eigenvalue weighted by atomic mass is 9.94. The number of rotatable bonds is 7. The second kappa shape index (κ2) is 11.7. The van der Waals surface area contributed by atoms with Crippen LogP contribution in [0.4, 0.5) is 0 Å². The molecular weight excluding hydrogens is 432 g/mol. The number of aromatic nitrogens is 1. The predicted molar refractivity (Wildman–Crippen MR) is 132 cm³/mol. The maximum Gasteiger partial charge on any atom is 0.255 e. The monoisotopic (exact) mass is 466 g/mol. The van der Waals surface area contributed by atoms with Crippen LogP contribution in [0.15, 0.2) is 53.7 Å². The largest absolute Gasteiger partial charge is 0.342 e. The van der Waals surface area contributed by atoms with Gasteiger partial charge in [0.05, 0.1) is 11.3 Å². The van der Waals surface area contributed by atoms with Gasteiger partial charge >= 0.3 is 0 Å². The summed E-state index contributed by atoms with van der Waals surface area (Å²) >= 11 is 1.49. The molecule has 0 unspecified atom stereocenters. The molecule has 1 saturated heterocycles. The van der Waals surface area contributed by atoms with Gasteiger partial charge < -0.3 is 9.80 Å². The fourth-order valence-corrected chi connectivity index (χ4v) is 5.68. The van der Waals surface area contributed by atoms with E-state index in [4.69, 9.17) is 0 Å². The Morgan fingerprint density at radius 2 is 1.79 bits per heavy atom. The second-order valence-electron chi connectivity index (χ2n) is 9.01. The number of nitrogens with zero attached hydrogens (tertiary/aromatic N) is 4. The van der Waals surface area contributed by atoms with Crippen molar-refractivity contribution in [3.8, 4) is 0 Å². The van der Waals surface area contributed by atoms with Gasteiger partial charge in [-0.05, 0) is 36.6 Å². The molecule has 1 aliphatic heterocycles. The van der Waals surface area contributed by atoms with Crippen molar-refractivity contribution >= 4 is 23.6 Å². The van der Waals surface area contributed by atoms with Crippen molar-refractivity contribution in [3.63, 3.8) is 0 Å². The fraction of sp³-hybridized carbons (Fsp3) is 0.500. The second-order valence-corrected chi connectivity index (χ2v) is 10.0. The molecule has 2 aliphatic rings. The van der Waals surface area contributed by atoms with Crippen LogP contribution in [-0.2, 0) is 11.3 Å². The molecular formula is C26H34N4O2S. The molecule has 0 spiro atoms. The Balaban J connectivity index is 1.31. The minimum Gasteiger partial charge on any atom is -0.342 e. The summed E-state index contributed by atoms with van der Waals surface area (Å²) in [5.41, 5.74) is 1.90. The van der Waals surface area contributed by atoms with Crippen LogP contribution in [0.5, 0.6) is 0 Å². The normalized spacial score (nSPS) is 17.7. The van der Waals surface area contributed by atoms with Gasteiger partial charge in [0.1, 0.15) is 0 Å². The predicted octanol–water partition coefficient (Wildman–Crippen LogP) is 3.92. The minimum absolute atomic E-state index is 0.0622. The van der Waals surface area contributed by atoms with E-state index in [1.807, 2.05) is 53.4 Å². The first kappa shape index (κ1) is 23.8. The highest BCUT2D eigenvalue weighted by atomic mass is 32.2. The lowest BCUT2D eigenvalue weighted by molar-refractivity contribution is -0.129. The molecule has 2 fully saturated rings. The number of hydrogen-bond donors (Lipinski definition) is 0. The van der Waals surface area contributed by atoms with Gasteiger partial charge in [-0.25, -0.2) is 0 Å². The quantitative estimate of drug-likeness (QED) is 0.579. The Hall–Kier alpha value is -2.38. The Bertz CT molecular complexity index is 925. The maximum atomic E-state index is 13.3. The maximum absolute atomic E-state index is 13.3. The van der Waals surface area contributed by atoms with Crippen LogP contribution in [0, 0.1) is 0 Å². The van der Waals surface area contributed by atoms with Gasteiger partial charge in [-0.15, -0.1) is 11.8 Å². The van der Waals surface area contributed by atoms with Crippen LogP contribution in [0.25, 0.3) is 0 Å². The van der Waals surface area contributed by atoms with Gasteiger partial charge in [-0.1, -0.05) is 37.5 Å². The highest BCUT2D eigenvalue weighted by Gasteiger charge is 2.25. The van der Waals surface area contributed by atoms with Crippen LogP contribution in [0.2, 0.25) is 0 Å². The standard InChI is InChI=1S/C26H34N4O2S/c1-28(22-9-3-2-4-10-22)25(31)20-33-24-12-6-5-11-23(24)26(32)30-16-14-29(15-17-30)19-21-8-7-13-27-18-21/h5-8,11-13,18,22H,2-4,9-10,14-17,19-20H2,1H3. The van der Waals surface area contributed by atoms with Crippen LogP contribution in [0.1, 0.15) is 48.0 Å². The molecule has 4 rings (SSSR count). The Kier molecular flexibility index (Phi) is 8.40. The molecule has 1 saturated carbocycles. The third kappa shape index (κ3) is 6.36. The molecule has 33 heavy (non-hydrogen) atoms. The van der Waals surface area contributed by atoms with Crippen molar-refractivity contribution < 1.29 is 9.59 Å². The average Bonchev–Trinajstić information content (AvgIpc) is 2.88. The number of pyridine rings is 1. The molecule has 0 atom stereocenters. The van der Waals surface area contributed by atoms with E-state index in [-0.39, 0.29) is 11.8 Å². The van der Waals surface area contributed by atoms with E-state index >= 15 is 0 Å². The molecule has 1 aromatic carbocycles. The van der Waals surface area contributed by atoms with Gasteiger partial charge in [0, 0.05) is 63.1 Å². The summed E-state index contributed by atoms with van der Waals surface area (Å²) in [4.78, 5) is 37.4. The van der Waals surface area contributed by atoms with E-state index in [9.17, 15) is 9.59 Å². The third-order valence-corrected chi connectivity index (χ3v) is 7.83. The molecule has 6 nitrogen and oxygen atoms in total. The molecule has 7 heteroatoms. The van der Waals surface area contributed by atoms with Crippen molar-refractivity contribution in [2.24, 2.45) is 0 Å². The summed E-state index contributed by atoms with van der Waals surface area (Å²) in [6.45, 7) is 3.98. The molecule has 2 aromatic rings. The molecule has 0 radical (unpaired) electrons. The number of hydrogen-bond acceptors (Lipinski definition) is 5. The van der Waals surface area contributed by atoms with E-state index in [0.717, 1.165) is 37.4 Å². The number of amides is 2. The first-order valence-corrected chi connectivity index (χ1v) is 13.0. The van der Waals surface area contributed by atoms with Gasteiger partial charge in [0.15, 0.2) is 0 Å². The number of carbonyl (C=O) groups is 2. The van der Waals surface area contributed by atoms with E-state index in [2.05, 4.69) is 16.0 Å². The van der Waals surface area contributed by atoms with E-state index in [0.29, 0.717) is 30.4 Å². The number of piperazine rings is 1. The number of carbonyl (C=O) groups excluding carboxylic acids is 2. The summed E-state index contributed by atoms with van der Waals surface area (Å²) in [5.74, 6) is 0.585. The van der Waals surface area contributed by atoms with Crippen molar-refractivity contribution in [2.45, 2.75) is 49.6 Å². The average molecular weight is 467 g/mol. The van der Waals surface area contributed by atoms with Gasteiger partial charge in [-0.3, -0.25) is 19.5 Å². The van der Waals surface area contributed by atoms with E-state index in [1.54, 1.807) is 6.20 Å². The third-order valence-electron chi connectivity index (χ3n) is 6.77. The van der Waals surface area contributed by atoms with Gasteiger partial charge in [0.25, 0.3) is 5.91 Å². The highest BCUT2D eigenvalue weighted by molar-refractivity contribution is 8.00. The molecule has 2 amide bonds. The Labute approximate surface area is 201 Å². The summed E-state index contributed by atoms with van der Waals surface area (Å²) in [5, 5.41) is 0. The van der Waals surface area contributed by atoms with Gasteiger partial charge in [-0.2, -0.15) is 0 Å². The molecule has 0 bridgehead atoms. The van der Waals surface area contributed by atoms with Crippen LogP contribution >= 0.6 is 11.8 Å². The van der Waals surface area contributed by atoms with Crippen LogP contribution < -0.4 is 0 Å². The molecule has 176 valence electrons. The first-order valence-electron chi connectivity index (χ1n) is 12.0. The van der Waals surface area contributed by atoms with E-state index < -0.39 is 0 Å². The Morgan fingerprint density at radius 3 is 2.52 bits per heavy atom. The number of benzene rings is 1. The lowest BCUT2D eigenvalue weighted by Gasteiger charge is -2.35. The van der Waals surface area contributed by atoms with Gasteiger partial charge in [0.2, 0.25) is 5.91 Å². The summed E-state index contributed by atoms with van der Waals surface area (Å²) < 4.78 is 0. The fourth-order valence-electron chi connectivity index (χ4n) is 4.71. The summed E-state index contributed by atoms with van der Waals surface area (Å²) in [6.07, 6.45) is 9.60. The number of thioether (sulfide) groups is 1. The smallest absolute Gasteiger partial charge is 0.255 e. The van der Waals surface area contributed by atoms with Crippen molar-refractivity contribution in [1.29, 1.82) is 0 Å². The highest BCUT2D eigenvalue weighted by Crippen LogP contribution is 2.27. The minimum atomic E-state index is 0.0622. The first-order chi connectivity index (χ1) is 16.1. The summed E-state index contributed by atoms with van der Waals surface area (Å²) in [6, 6.07) is 12.1. The zero-order valence-electron chi connectivity index (χ0n) is 19.5. The molecule has 1 aliphatic carbocycles. The molecule has 2 heterocycles. The van der Waals surface area contributed by atoms with Crippen LogP contribution in [0.3, 0.4) is 0 Å². The SMILES string of the molecule is CN(C(=O)CSc1ccccc1C(=O)N1CCN(Cc2cccnc2)CC1)C1CCCCC1. The van der Waals surface area contributed by atoms with Crippen molar-refractivity contribution in [1.82, 2.24) is 19.7 Å². The zero-order valence-corrected chi connectivity index (χ0v) is 20.3. The zero-order chi connectivity index (χ0) is 23.0.